The van der Waals surface area contributed by atoms with Crippen molar-refractivity contribution in [3.05, 3.63) is 41.9 Å². The number of nitrogen functional groups attached to an aromatic ring is 1. The Balaban J connectivity index is 2.02. The van der Waals surface area contributed by atoms with Gasteiger partial charge in [-0.1, -0.05) is 6.07 Å². The first-order valence-electron chi connectivity index (χ1n) is 6.92. The standard InChI is InChI=1S/C14H14N8O2/c1-8-11(12(15)22(20-8)10-5-3-4-6-16-10)18-19-13-9(14(23)24)7-17-21(13)2/h3-7H,15H2,1-2H3,(H,23,24). The molecule has 0 atom stereocenters. The van der Waals surface area contributed by atoms with Crippen LogP contribution in [0.1, 0.15) is 16.1 Å². The van der Waals surface area contributed by atoms with E-state index >= 15 is 0 Å². The second kappa shape index (κ2) is 5.91. The number of carboxylic acid groups (broad SMARTS) is 1. The number of rotatable bonds is 4. The lowest BCUT2D eigenvalue weighted by atomic mass is 10.3. The zero-order chi connectivity index (χ0) is 17.3. The van der Waals surface area contributed by atoms with Crippen molar-refractivity contribution in [1.29, 1.82) is 0 Å². The highest BCUT2D eigenvalue weighted by Gasteiger charge is 2.17. The van der Waals surface area contributed by atoms with E-state index in [0.29, 0.717) is 17.2 Å². The average molecular weight is 326 g/mol. The largest absolute Gasteiger partial charge is 0.477 e. The molecule has 0 radical (unpaired) electrons. The van der Waals surface area contributed by atoms with Gasteiger partial charge in [0.2, 0.25) is 0 Å². The summed E-state index contributed by atoms with van der Waals surface area (Å²) in [5, 5.41) is 25.3. The molecule has 0 fully saturated rings. The predicted molar refractivity (Wildman–Crippen MR) is 84.9 cm³/mol. The smallest absolute Gasteiger partial charge is 0.341 e. The Bertz CT molecular complexity index is 926. The minimum absolute atomic E-state index is 0.0467. The number of aromatic carboxylic acids is 1. The summed E-state index contributed by atoms with van der Waals surface area (Å²) >= 11 is 0. The summed E-state index contributed by atoms with van der Waals surface area (Å²) in [6.45, 7) is 1.73. The molecule has 0 bridgehead atoms. The van der Waals surface area contributed by atoms with Gasteiger partial charge in [-0.3, -0.25) is 0 Å². The summed E-state index contributed by atoms with van der Waals surface area (Å²) in [5.41, 5.74) is 6.92. The van der Waals surface area contributed by atoms with E-state index in [2.05, 4.69) is 25.4 Å². The number of pyridine rings is 1. The first-order valence-corrected chi connectivity index (χ1v) is 6.92. The van der Waals surface area contributed by atoms with Crippen molar-refractivity contribution in [2.75, 3.05) is 5.73 Å². The van der Waals surface area contributed by atoms with Crippen LogP contribution in [0.15, 0.2) is 40.8 Å². The lowest BCUT2D eigenvalue weighted by Crippen LogP contribution is -2.03. The number of hydrogen-bond donors (Lipinski definition) is 2. The van der Waals surface area contributed by atoms with Crippen LogP contribution in [0.2, 0.25) is 0 Å². The highest BCUT2D eigenvalue weighted by molar-refractivity contribution is 5.92. The number of azo groups is 1. The summed E-state index contributed by atoms with van der Waals surface area (Å²) in [6.07, 6.45) is 2.84. The van der Waals surface area contributed by atoms with Gasteiger partial charge in [0.25, 0.3) is 0 Å². The van der Waals surface area contributed by atoms with Crippen molar-refractivity contribution in [2.24, 2.45) is 17.3 Å². The van der Waals surface area contributed by atoms with Crippen LogP contribution in [0, 0.1) is 6.92 Å². The molecule has 3 aromatic rings. The third kappa shape index (κ3) is 2.60. The normalized spacial score (nSPS) is 11.2. The minimum Gasteiger partial charge on any atom is -0.477 e. The van der Waals surface area contributed by atoms with E-state index in [4.69, 9.17) is 10.8 Å². The van der Waals surface area contributed by atoms with E-state index in [0.717, 1.165) is 0 Å². The molecular formula is C14H14N8O2. The molecule has 24 heavy (non-hydrogen) atoms. The molecule has 0 spiro atoms. The van der Waals surface area contributed by atoms with Crippen molar-refractivity contribution in [3.63, 3.8) is 0 Å². The molecule has 122 valence electrons. The molecule has 10 heteroatoms. The number of aryl methyl sites for hydroxylation is 2. The van der Waals surface area contributed by atoms with Gasteiger partial charge < -0.3 is 10.8 Å². The third-order valence-electron chi connectivity index (χ3n) is 3.31. The topological polar surface area (TPSA) is 137 Å². The highest BCUT2D eigenvalue weighted by atomic mass is 16.4. The average Bonchev–Trinajstić information content (AvgIpc) is 3.07. The molecule has 0 aliphatic rings. The highest BCUT2D eigenvalue weighted by Crippen LogP contribution is 2.30. The molecule has 0 unspecified atom stereocenters. The molecule has 3 aromatic heterocycles. The van der Waals surface area contributed by atoms with Crippen LogP contribution in [-0.2, 0) is 7.05 Å². The second-order valence-electron chi connectivity index (χ2n) is 4.93. The fourth-order valence-corrected chi connectivity index (χ4v) is 2.11. The molecule has 3 heterocycles. The second-order valence-corrected chi connectivity index (χ2v) is 4.93. The molecule has 0 saturated carbocycles. The molecule has 3 N–H and O–H groups in total. The Kier molecular flexibility index (Phi) is 3.78. The van der Waals surface area contributed by atoms with Gasteiger partial charge in [-0.05, 0) is 19.1 Å². The molecule has 3 rings (SSSR count). The monoisotopic (exact) mass is 326 g/mol. The van der Waals surface area contributed by atoms with Crippen molar-refractivity contribution < 1.29 is 9.90 Å². The molecular weight excluding hydrogens is 312 g/mol. The maximum atomic E-state index is 11.2. The van der Waals surface area contributed by atoms with Crippen LogP contribution in [0.25, 0.3) is 5.82 Å². The third-order valence-corrected chi connectivity index (χ3v) is 3.31. The fraction of sp³-hybridized carbons (Fsp3) is 0.143. The van der Waals surface area contributed by atoms with Crippen LogP contribution < -0.4 is 5.73 Å². The summed E-state index contributed by atoms with van der Waals surface area (Å²) in [5.74, 6) is -0.210. The van der Waals surface area contributed by atoms with E-state index in [1.165, 1.54) is 15.6 Å². The molecule has 0 aliphatic carbocycles. The Morgan fingerprint density at radius 2 is 2.12 bits per heavy atom. The van der Waals surface area contributed by atoms with Gasteiger partial charge in [0, 0.05) is 13.2 Å². The first-order chi connectivity index (χ1) is 11.5. The zero-order valence-corrected chi connectivity index (χ0v) is 13.0. The number of carboxylic acids is 1. The van der Waals surface area contributed by atoms with Gasteiger partial charge in [-0.2, -0.15) is 14.9 Å². The number of nitrogens with zero attached hydrogens (tertiary/aromatic N) is 7. The van der Waals surface area contributed by atoms with E-state index in [9.17, 15) is 4.79 Å². The summed E-state index contributed by atoms with van der Waals surface area (Å²) in [6, 6.07) is 5.36. The summed E-state index contributed by atoms with van der Waals surface area (Å²) in [7, 11) is 1.58. The lowest BCUT2D eigenvalue weighted by Gasteiger charge is -2.01. The van der Waals surface area contributed by atoms with Gasteiger partial charge >= 0.3 is 5.97 Å². The van der Waals surface area contributed by atoms with Gasteiger partial charge in [-0.15, -0.1) is 10.2 Å². The number of nitrogens with two attached hydrogens (primary N) is 1. The van der Waals surface area contributed by atoms with Gasteiger partial charge in [0.1, 0.15) is 5.56 Å². The van der Waals surface area contributed by atoms with Crippen LogP contribution >= 0.6 is 0 Å². The van der Waals surface area contributed by atoms with Crippen LogP contribution in [0.3, 0.4) is 0 Å². The molecule has 0 aliphatic heterocycles. The molecule has 0 amide bonds. The Hall–Kier alpha value is -3.56. The van der Waals surface area contributed by atoms with Crippen molar-refractivity contribution in [1.82, 2.24) is 24.5 Å². The molecule has 10 nitrogen and oxygen atoms in total. The Labute approximate surface area is 136 Å². The number of hydrogen-bond acceptors (Lipinski definition) is 7. The van der Waals surface area contributed by atoms with Gasteiger partial charge in [0.15, 0.2) is 23.1 Å². The minimum atomic E-state index is -1.13. The van der Waals surface area contributed by atoms with E-state index in [1.807, 2.05) is 6.07 Å². The predicted octanol–water partition coefficient (Wildman–Crippen LogP) is 2.01. The van der Waals surface area contributed by atoms with E-state index in [-0.39, 0.29) is 17.2 Å². The van der Waals surface area contributed by atoms with Crippen molar-refractivity contribution in [3.8, 4) is 5.82 Å². The molecule has 0 saturated heterocycles. The lowest BCUT2D eigenvalue weighted by molar-refractivity contribution is 0.0697. The zero-order valence-electron chi connectivity index (χ0n) is 13.0. The van der Waals surface area contributed by atoms with Crippen LogP contribution in [0.4, 0.5) is 17.3 Å². The van der Waals surface area contributed by atoms with Gasteiger partial charge in [-0.25, -0.2) is 14.5 Å². The van der Waals surface area contributed by atoms with Gasteiger partial charge in [0.05, 0.1) is 11.9 Å². The molecule has 0 aromatic carbocycles. The van der Waals surface area contributed by atoms with E-state index < -0.39 is 5.97 Å². The van der Waals surface area contributed by atoms with E-state index in [1.54, 1.807) is 32.3 Å². The maximum absolute atomic E-state index is 11.2. The summed E-state index contributed by atoms with van der Waals surface area (Å²) in [4.78, 5) is 15.3. The van der Waals surface area contributed by atoms with Crippen LogP contribution in [0.5, 0.6) is 0 Å². The first kappa shape index (κ1) is 15.3. The maximum Gasteiger partial charge on any atom is 0.341 e. The van der Waals surface area contributed by atoms with Crippen molar-refractivity contribution >= 4 is 23.3 Å². The summed E-state index contributed by atoms with van der Waals surface area (Å²) < 4.78 is 2.77. The van der Waals surface area contributed by atoms with Crippen LogP contribution in [-0.4, -0.2) is 35.6 Å². The number of anilines is 1. The number of carbonyl (C=O) groups is 1. The Morgan fingerprint density at radius 1 is 1.33 bits per heavy atom. The number of aromatic nitrogens is 5. The quantitative estimate of drug-likeness (QED) is 0.703. The van der Waals surface area contributed by atoms with Crippen molar-refractivity contribution in [2.45, 2.75) is 6.92 Å². The SMILES string of the molecule is Cc1nn(-c2ccccn2)c(N)c1N=Nc1c(C(=O)O)cnn1C. The Morgan fingerprint density at radius 3 is 2.79 bits per heavy atom. The fourth-order valence-electron chi connectivity index (χ4n) is 2.11.